The normalized spacial score (nSPS) is 32.6. The van der Waals surface area contributed by atoms with Crippen LogP contribution in [0, 0.1) is 0 Å². The van der Waals surface area contributed by atoms with Gasteiger partial charge in [0.25, 0.3) is 0 Å². The predicted octanol–water partition coefficient (Wildman–Crippen LogP) is 3.12. The zero-order valence-corrected chi connectivity index (χ0v) is 12.0. The SMILES string of the molecule is CCCCC(C)N1CC2CCCN2CC1CC. The fourth-order valence-corrected chi connectivity index (χ4v) is 3.68. The van der Waals surface area contributed by atoms with E-state index in [9.17, 15) is 0 Å². The van der Waals surface area contributed by atoms with E-state index in [1.165, 1.54) is 58.2 Å². The third-order valence-electron chi connectivity index (χ3n) is 4.85. The first-order valence-electron chi connectivity index (χ1n) is 7.76. The maximum absolute atomic E-state index is 2.82. The van der Waals surface area contributed by atoms with Crippen molar-refractivity contribution in [2.75, 3.05) is 19.6 Å². The van der Waals surface area contributed by atoms with Gasteiger partial charge in [-0.2, -0.15) is 0 Å². The molecule has 0 saturated carbocycles. The highest BCUT2D eigenvalue weighted by Crippen LogP contribution is 2.28. The number of hydrogen-bond donors (Lipinski definition) is 0. The summed E-state index contributed by atoms with van der Waals surface area (Å²) >= 11 is 0. The molecule has 0 aliphatic carbocycles. The first-order valence-corrected chi connectivity index (χ1v) is 7.76. The van der Waals surface area contributed by atoms with Gasteiger partial charge in [-0.25, -0.2) is 0 Å². The monoisotopic (exact) mass is 238 g/mol. The van der Waals surface area contributed by atoms with E-state index >= 15 is 0 Å². The minimum atomic E-state index is 0.794. The van der Waals surface area contributed by atoms with Crippen LogP contribution in [0.4, 0.5) is 0 Å². The molecule has 0 aromatic heterocycles. The first-order chi connectivity index (χ1) is 8.26. The lowest BCUT2D eigenvalue weighted by atomic mass is 10.0. The van der Waals surface area contributed by atoms with E-state index in [0.29, 0.717) is 0 Å². The standard InChI is InChI=1S/C15H30N2/c1-4-6-8-13(3)17-12-15-9-7-10-16(15)11-14(17)5-2/h13-15H,4-12H2,1-3H3. The maximum Gasteiger partial charge on any atom is 0.0224 e. The van der Waals surface area contributed by atoms with Gasteiger partial charge < -0.3 is 0 Å². The Morgan fingerprint density at radius 3 is 2.76 bits per heavy atom. The van der Waals surface area contributed by atoms with E-state index < -0.39 is 0 Å². The molecule has 3 atom stereocenters. The van der Waals surface area contributed by atoms with Gasteiger partial charge in [-0.3, -0.25) is 9.80 Å². The van der Waals surface area contributed by atoms with E-state index in [1.54, 1.807) is 0 Å². The molecule has 0 bridgehead atoms. The summed E-state index contributed by atoms with van der Waals surface area (Å²) in [6.07, 6.45) is 8.30. The van der Waals surface area contributed by atoms with Crippen LogP contribution in [0.3, 0.4) is 0 Å². The molecule has 2 aliphatic heterocycles. The van der Waals surface area contributed by atoms with E-state index in [1.807, 2.05) is 0 Å². The molecule has 17 heavy (non-hydrogen) atoms. The van der Waals surface area contributed by atoms with Crippen LogP contribution in [0.15, 0.2) is 0 Å². The highest BCUT2D eigenvalue weighted by Gasteiger charge is 2.36. The second kappa shape index (κ2) is 6.19. The Bertz CT molecular complexity index is 229. The Kier molecular flexibility index (Phi) is 4.87. The molecule has 3 unspecified atom stereocenters. The minimum Gasteiger partial charge on any atom is -0.298 e. The van der Waals surface area contributed by atoms with Crippen LogP contribution in [0.5, 0.6) is 0 Å². The van der Waals surface area contributed by atoms with Gasteiger partial charge in [-0.05, 0) is 39.2 Å². The highest BCUT2D eigenvalue weighted by molar-refractivity contribution is 4.93. The average Bonchev–Trinajstić information content (AvgIpc) is 2.81. The predicted molar refractivity (Wildman–Crippen MR) is 74.4 cm³/mol. The van der Waals surface area contributed by atoms with Crippen LogP contribution >= 0.6 is 0 Å². The largest absolute Gasteiger partial charge is 0.298 e. The van der Waals surface area contributed by atoms with Crippen LogP contribution in [0.2, 0.25) is 0 Å². The van der Waals surface area contributed by atoms with Crippen molar-refractivity contribution in [1.82, 2.24) is 9.80 Å². The smallest absolute Gasteiger partial charge is 0.0224 e. The number of unbranched alkanes of at least 4 members (excludes halogenated alkanes) is 1. The Hall–Kier alpha value is -0.0800. The van der Waals surface area contributed by atoms with E-state index in [0.717, 1.165) is 18.1 Å². The fourth-order valence-electron chi connectivity index (χ4n) is 3.68. The topological polar surface area (TPSA) is 6.48 Å². The molecule has 2 heterocycles. The number of piperazine rings is 1. The van der Waals surface area contributed by atoms with E-state index in [-0.39, 0.29) is 0 Å². The lowest BCUT2D eigenvalue weighted by molar-refractivity contribution is 0.0204. The molecule has 2 heteroatoms. The Morgan fingerprint density at radius 2 is 2.06 bits per heavy atom. The molecule has 2 fully saturated rings. The Morgan fingerprint density at radius 1 is 1.24 bits per heavy atom. The van der Waals surface area contributed by atoms with Crippen molar-refractivity contribution in [3.63, 3.8) is 0 Å². The van der Waals surface area contributed by atoms with E-state index in [2.05, 4.69) is 30.6 Å². The van der Waals surface area contributed by atoms with Gasteiger partial charge in [-0.1, -0.05) is 26.7 Å². The van der Waals surface area contributed by atoms with Gasteiger partial charge in [0.05, 0.1) is 0 Å². The summed E-state index contributed by atoms with van der Waals surface area (Å²) in [5.74, 6) is 0. The number of fused-ring (bicyclic) bond motifs is 1. The molecule has 0 N–H and O–H groups in total. The molecule has 0 amide bonds. The van der Waals surface area contributed by atoms with Gasteiger partial charge in [0.2, 0.25) is 0 Å². The van der Waals surface area contributed by atoms with Crippen molar-refractivity contribution >= 4 is 0 Å². The van der Waals surface area contributed by atoms with Crippen molar-refractivity contribution in [3.05, 3.63) is 0 Å². The van der Waals surface area contributed by atoms with Crippen LogP contribution in [-0.2, 0) is 0 Å². The number of rotatable bonds is 5. The van der Waals surface area contributed by atoms with Gasteiger partial charge in [0, 0.05) is 31.2 Å². The summed E-state index contributed by atoms with van der Waals surface area (Å²) in [5, 5.41) is 0. The molecule has 0 aromatic rings. The summed E-state index contributed by atoms with van der Waals surface area (Å²) in [4.78, 5) is 5.57. The maximum atomic E-state index is 2.82. The van der Waals surface area contributed by atoms with Crippen molar-refractivity contribution in [3.8, 4) is 0 Å². The zero-order chi connectivity index (χ0) is 12.3. The molecule has 0 spiro atoms. The second-order valence-electron chi connectivity index (χ2n) is 6.04. The third-order valence-corrected chi connectivity index (χ3v) is 4.85. The molecule has 100 valence electrons. The van der Waals surface area contributed by atoms with Crippen LogP contribution in [0.1, 0.15) is 59.3 Å². The lowest BCUT2D eigenvalue weighted by Gasteiger charge is -2.46. The van der Waals surface area contributed by atoms with Gasteiger partial charge in [0.15, 0.2) is 0 Å². The summed E-state index contributed by atoms with van der Waals surface area (Å²) in [5.41, 5.74) is 0. The molecule has 2 nitrogen and oxygen atoms in total. The van der Waals surface area contributed by atoms with Gasteiger partial charge in [-0.15, -0.1) is 0 Å². The molecular formula is C15H30N2. The molecule has 0 aromatic carbocycles. The van der Waals surface area contributed by atoms with Crippen molar-refractivity contribution in [2.24, 2.45) is 0 Å². The molecule has 2 aliphatic rings. The third kappa shape index (κ3) is 3.03. The molecular weight excluding hydrogens is 208 g/mol. The molecule has 2 saturated heterocycles. The summed E-state index contributed by atoms with van der Waals surface area (Å²) in [6.45, 7) is 11.1. The van der Waals surface area contributed by atoms with Crippen molar-refractivity contribution < 1.29 is 0 Å². The van der Waals surface area contributed by atoms with Crippen molar-refractivity contribution in [2.45, 2.75) is 77.4 Å². The zero-order valence-electron chi connectivity index (χ0n) is 12.0. The van der Waals surface area contributed by atoms with Crippen LogP contribution < -0.4 is 0 Å². The van der Waals surface area contributed by atoms with Gasteiger partial charge in [0.1, 0.15) is 0 Å². The van der Waals surface area contributed by atoms with Crippen LogP contribution in [0.25, 0.3) is 0 Å². The summed E-state index contributed by atoms with van der Waals surface area (Å²) in [7, 11) is 0. The van der Waals surface area contributed by atoms with Gasteiger partial charge >= 0.3 is 0 Å². The molecule has 0 radical (unpaired) electrons. The Labute approximate surface area is 107 Å². The second-order valence-corrected chi connectivity index (χ2v) is 6.04. The quantitative estimate of drug-likeness (QED) is 0.726. The summed E-state index contributed by atoms with van der Waals surface area (Å²) in [6, 6.07) is 2.49. The average molecular weight is 238 g/mol. The fraction of sp³-hybridized carbons (Fsp3) is 1.00. The molecule has 2 rings (SSSR count). The minimum absolute atomic E-state index is 0.794. The highest BCUT2D eigenvalue weighted by atomic mass is 15.3. The van der Waals surface area contributed by atoms with Crippen molar-refractivity contribution in [1.29, 1.82) is 0 Å². The number of hydrogen-bond acceptors (Lipinski definition) is 2. The van der Waals surface area contributed by atoms with Crippen LogP contribution in [-0.4, -0.2) is 47.6 Å². The first kappa shape index (κ1) is 13.4. The Balaban J connectivity index is 1.93. The number of nitrogens with zero attached hydrogens (tertiary/aromatic N) is 2. The summed E-state index contributed by atoms with van der Waals surface area (Å²) < 4.78 is 0. The lowest BCUT2D eigenvalue weighted by Crippen LogP contribution is -2.58. The van der Waals surface area contributed by atoms with E-state index in [4.69, 9.17) is 0 Å².